The van der Waals surface area contributed by atoms with Gasteiger partial charge in [0.05, 0.1) is 10.7 Å². The van der Waals surface area contributed by atoms with Crippen molar-refractivity contribution in [1.82, 2.24) is 9.97 Å². The first-order valence-corrected chi connectivity index (χ1v) is 7.58. The molecule has 3 rings (SSSR count). The van der Waals surface area contributed by atoms with E-state index in [0.29, 0.717) is 0 Å². The van der Waals surface area contributed by atoms with Gasteiger partial charge in [-0.15, -0.1) is 11.3 Å². The van der Waals surface area contributed by atoms with Gasteiger partial charge in [0.15, 0.2) is 0 Å². The number of hydrogen-bond acceptors (Lipinski definition) is 3. The fourth-order valence-electron chi connectivity index (χ4n) is 1.86. The zero-order valence-corrected chi connectivity index (χ0v) is 12.5. The SMILES string of the molecule is Brc1ccccc1-c1csc(Cc2ccncc2)n1. The summed E-state index contributed by atoms with van der Waals surface area (Å²) in [5.41, 5.74) is 3.41. The van der Waals surface area contributed by atoms with E-state index in [1.807, 2.05) is 42.7 Å². The van der Waals surface area contributed by atoms with Crippen LogP contribution in [0, 0.1) is 0 Å². The summed E-state index contributed by atoms with van der Waals surface area (Å²) in [6.45, 7) is 0. The molecular formula is C15H11BrN2S. The van der Waals surface area contributed by atoms with Gasteiger partial charge in [0.2, 0.25) is 0 Å². The molecule has 0 saturated carbocycles. The molecule has 0 bridgehead atoms. The van der Waals surface area contributed by atoms with Gasteiger partial charge in [-0.05, 0) is 23.8 Å². The van der Waals surface area contributed by atoms with Gasteiger partial charge in [-0.1, -0.05) is 34.1 Å². The van der Waals surface area contributed by atoms with Crippen LogP contribution in [0.1, 0.15) is 10.6 Å². The van der Waals surface area contributed by atoms with Gasteiger partial charge in [-0.25, -0.2) is 4.98 Å². The average Bonchev–Trinajstić information content (AvgIpc) is 2.89. The third-order valence-electron chi connectivity index (χ3n) is 2.81. The summed E-state index contributed by atoms with van der Waals surface area (Å²) in [4.78, 5) is 8.73. The Morgan fingerprint density at radius 2 is 1.84 bits per heavy atom. The fraction of sp³-hybridized carbons (Fsp3) is 0.0667. The van der Waals surface area contributed by atoms with Crippen molar-refractivity contribution in [2.75, 3.05) is 0 Å². The number of nitrogens with zero attached hydrogens (tertiary/aromatic N) is 2. The van der Waals surface area contributed by atoms with Crippen LogP contribution in [-0.2, 0) is 6.42 Å². The van der Waals surface area contributed by atoms with Crippen LogP contribution in [0.2, 0.25) is 0 Å². The van der Waals surface area contributed by atoms with Crippen LogP contribution in [0.15, 0.2) is 58.6 Å². The first-order chi connectivity index (χ1) is 9.33. The Kier molecular flexibility index (Phi) is 3.71. The highest BCUT2D eigenvalue weighted by molar-refractivity contribution is 9.10. The molecule has 0 fully saturated rings. The van der Waals surface area contributed by atoms with Gasteiger partial charge in [0.1, 0.15) is 0 Å². The van der Waals surface area contributed by atoms with Crippen molar-refractivity contribution in [2.45, 2.75) is 6.42 Å². The topological polar surface area (TPSA) is 25.8 Å². The molecule has 0 aliphatic heterocycles. The van der Waals surface area contributed by atoms with E-state index < -0.39 is 0 Å². The van der Waals surface area contributed by atoms with E-state index in [1.54, 1.807) is 11.3 Å². The van der Waals surface area contributed by atoms with E-state index in [9.17, 15) is 0 Å². The summed E-state index contributed by atoms with van der Waals surface area (Å²) in [6.07, 6.45) is 4.49. The molecule has 0 unspecified atom stereocenters. The van der Waals surface area contributed by atoms with Gasteiger partial charge in [0.25, 0.3) is 0 Å². The lowest BCUT2D eigenvalue weighted by atomic mass is 10.2. The number of hydrogen-bond donors (Lipinski definition) is 0. The molecule has 0 spiro atoms. The van der Waals surface area contributed by atoms with Crippen LogP contribution in [0.3, 0.4) is 0 Å². The maximum Gasteiger partial charge on any atom is 0.0976 e. The third-order valence-corrected chi connectivity index (χ3v) is 4.35. The van der Waals surface area contributed by atoms with E-state index in [1.165, 1.54) is 5.56 Å². The number of thiazole rings is 1. The molecule has 0 aliphatic rings. The highest BCUT2D eigenvalue weighted by Crippen LogP contribution is 2.29. The smallest absolute Gasteiger partial charge is 0.0976 e. The number of halogens is 1. The summed E-state index contributed by atoms with van der Waals surface area (Å²) in [7, 11) is 0. The Balaban J connectivity index is 1.86. The number of rotatable bonds is 3. The lowest BCUT2D eigenvalue weighted by Crippen LogP contribution is -1.88. The van der Waals surface area contributed by atoms with Crippen molar-refractivity contribution < 1.29 is 0 Å². The molecule has 4 heteroatoms. The predicted octanol–water partition coefficient (Wildman–Crippen LogP) is 4.56. The highest BCUT2D eigenvalue weighted by atomic mass is 79.9. The highest BCUT2D eigenvalue weighted by Gasteiger charge is 2.07. The first-order valence-electron chi connectivity index (χ1n) is 5.91. The number of pyridine rings is 1. The van der Waals surface area contributed by atoms with Crippen LogP contribution in [0.4, 0.5) is 0 Å². The lowest BCUT2D eigenvalue weighted by Gasteiger charge is -1.99. The molecule has 1 aromatic carbocycles. The summed E-state index contributed by atoms with van der Waals surface area (Å²) >= 11 is 5.26. The van der Waals surface area contributed by atoms with Crippen molar-refractivity contribution in [2.24, 2.45) is 0 Å². The van der Waals surface area contributed by atoms with Gasteiger partial charge in [-0.2, -0.15) is 0 Å². The Morgan fingerprint density at radius 3 is 2.63 bits per heavy atom. The van der Waals surface area contributed by atoms with Crippen LogP contribution in [0.25, 0.3) is 11.3 Å². The Labute approximate surface area is 124 Å². The largest absolute Gasteiger partial charge is 0.265 e. The molecule has 0 N–H and O–H groups in total. The second-order valence-corrected chi connectivity index (χ2v) is 5.94. The zero-order valence-electron chi connectivity index (χ0n) is 10.1. The number of benzene rings is 1. The molecule has 2 aromatic heterocycles. The van der Waals surface area contributed by atoms with E-state index >= 15 is 0 Å². The fourth-order valence-corrected chi connectivity index (χ4v) is 3.18. The molecule has 2 nitrogen and oxygen atoms in total. The quantitative estimate of drug-likeness (QED) is 0.703. The summed E-state index contributed by atoms with van der Waals surface area (Å²) < 4.78 is 1.08. The Hall–Kier alpha value is -1.52. The molecule has 2 heterocycles. The average molecular weight is 331 g/mol. The minimum Gasteiger partial charge on any atom is -0.265 e. The molecular weight excluding hydrogens is 320 g/mol. The first kappa shape index (κ1) is 12.5. The summed E-state index contributed by atoms with van der Waals surface area (Å²) in [5, 5.41) is 3.23. The summed E-state index contributed by atoms with van der Waals surface area (Å²) in [6, 6.07) is 12.2. The van der Waals surface area contributed by atoms with Crippen LogP contribution in [-0.4, -0.2) is 9.97 Å². The maximum absolute atomic E-state index is 4.70. The van der Waals surface area contributed by atoms with E-state index in [-0.39, 0.29) is 0 Å². The minimum atomic E-state index is 0.859. The second kappa shape index (κ2) is 5.63. The molecule has 0 aliphatic carbocycles. The van der Waals surface area contributed by atoms with Crippen LogP contribution in [0.5, 0.6) is 0 Å². The van der Waals surface area contributed by atoms with Crippen LogP contribution >= 0.6 is 27.3 Å². The van der Waals surface area contributed by atoms with Gasteiger partial charge in [0, 0.05) is 34.2 Å². The van der Waals surface area contributed by atoms with Gasteiger partial charge >= 0.3 is 0 Å². The molecule has 0 saturated heterocycles. The lowest BCUT2D eigenvalue weighted by molar-refractivity contribution is 1.12. The van der Waals surface area contributed by atoms with Crippen LogP contribution < -0.4 is 0 Å². The minimum absolute atomic E-state index is 0.859. The van der Waals surface area contributed by atoms with Crippen molar-refractivity contribution in [3.8, 4) is 11.3 Å². The molecule has 94 valence electrons. The summed E-state index contributed by atoms with van der Waals surface area (Å²) in [5.74, 6) is 0. The van der Waals surface area contributed by atoms with Gasteiger partial charge < -0.3 is 0 Å². The predicted molar refractivity (Wildman–Crippen MR) is 82.3 cm³/mol. The normalized spacial score (nSPS) is 10.6. The maximum atomic E-state index is 4.70. The third kappa shape index (κ3) is 2.91. The van der Waals surface area contributed by atoms with Crippen molar-refractivity contribution in [3.63, 3.8) is 0 Å². The Morgan fingerprint density at radius 1 is 1.05 bits per heavy atom. The Bertz CT molecular complexity index is 679. The van der Waals surface area contributed by atoms with E-state index in [0.717, 1.165) is 27.2 Å². The molecule has 19 heavy (non-hydrogen) atoms. The molecule has 0 atom stereocenters. The van der Waals surface area contributed by atoms with E-state index in [4.69, 9.17) is 4.98 Å². The van der Waals surface area contributed by atoms with Crippen molar-refractivity contribution in [1.29, 1.82) is 0 Å². The van der Waals surface area contributed by atoms with Gasteiger partial charge in [-0.3, -0.25) is 4.98 Å². The standard InChI is InChI=1S/C15H11BrN2S/c16-13-4-2-1-3-12(13)14-10-19-15(18-14)9-11-5-7-17-8-6-11/h1-8,10H,9H2. The monoisotopic (exact) mass is 330 g/mol. The molecule has 0 radical (unpaired) electrons. The molecule has 3 aromatic rings. The molecule has 0 amide bonds. The zero-order chi connectivity index (χ0) is 13.1. The van der Waals surface area contributed by atoms with Crippen molar-refractivity contribution >= 4 is 27.3 Å². The van der Waals surface area contributed by atoms with Crippen molar-refractivity contribution in [3.05, 3.63) is 69.2 Å². The second-order valence-electron chi connectivity index (χ2n) is 4.14. The van der Waals surface area contributed by atoms with E-state index in [2.05, 4.69) is 32.4 Å². The number of aromatic nitrogens is 2.